The molecule has 0 atom stereocenters. The minimum absolute atomic E-state index is 0.374. The first-order valence-corrected chi connectivity index (χ1v) is 6.84. The molecule has 0 unspecified atom stereocenters. The van der Waals surface area contributed by atoms with Crippen LogP contribution >= 0.6 is 0 Å². The zero-order valence-corrected chi connectivity index (χ0v) is 12.4. The van der Waals surface area contributed by atoms with Crippen LogP contribution in [0, 0.1) is 5.92 Å². The fourth-order valence-corrected chi connectivity index (χ4v) is 1.63. The van der Waals surface area contributed by atoms with Crippen LogP contribution in [0.4, 0.5) is 11.4 Å². The molecule has 1 rings (SSSR count). The van der Waals surface area contributed by atoms with Gasteiger partial charge in [0.1, 0.15) is 0 Å². The minimum Gasteiger partial charge on any atom is -0.465 e. The van der Waals surface area contributed by atoms with Crippen LogP contribution in [0.25, 0.3) is 0 Å². The summed E-state index contributed by atoms with van der Waals surface area (Å²) < 4.78 is 10.2. The zero-order valence-electron chi connectivity index (χ0n) is 12.4. The minimum atomic E-state index is -0.374. The monoisotopic (exact) mass is 280 g/mol. The molecule has 3 N–H and O–H groups in total. The molecule has 0 bridgehead atoms. The summed E-state index contributed by atoms with van der Waals surface area (Å²) in [5.41, 5.74) is 7.65. The van der Waals surface area contributed by atoms with Crippen LogP contribution in [0.3, 0.4) is 0 Å². The molecule has 5 nitrogen and oxygen atoms in total. The van der Waals surface area contributed by atoms with Crippen LogP contribution in [0.15, 0.2) is 18.2 Å². The van der Waals surface area contributed by atoms with E-state index in [-0.39, 0.29) is 5.97 Å². The van der Waals surface area contributed by atoms with Crippen LogP contribution in [-0.2, 0) is 9.47 Å². The van der Waals surface area contributed by atoms with Crippen molar-refractivity contribution in [2.75, 3.05) is 37.9 Å². The number of nitrogens with one attached hydrogen (secondary N) is 1. The van der Waals surface area contributed by atoms with E-state index in [9.17, 15) is 4.79 Å². The van der Waals surface area contributed by atoms with Crippen molar-refractivity contribution in [1.29, 1.82) is 0 Å². The van der Waals surface area contributed by atoms with Crippen LogP contribution < -0.4 is 11.1 Å². The molecule has 0 amide bonds. The second kappa shape index (κ2) is 8.43. The molecule has 0 spiro atoms. The SMILES string of the molecule is COC(=O)c1ccc(N)c(NCCOCCC(C)C)c1. The highest BCUT2D eigenvalue weighted by Gasteiger charge is 2.08. The largest absolute Gasteiger partial charge is 0.465 e. The number of hydrogen-bond acceptors (Lipinski definition) is 5. The van der Waals surface area contributed by atoms with Gasteiger partial charge in [-0.3, -0.25) is 0 Å². The van der Waals surface area contributed by atoms with Gasteiger partial charge in [-0.25, -0.2) is 4.79 Å². The standard InChI is InChI=1S/C15H24N2O3/c1-11(2)6-8-20-9-7-17-14-10-12(15(18)19-3)4-5-13(14)16/h4-5,10-11,17H,6-9,16H2,1-3H3. The van der Waals surface area contributed by atoms with E-state index in [0.717, 1.165) is 18.7 Å². The van der Waals surface area contributed by atoms with E-state index in [1.54, 1.807) is 18.2 Å². The van der Waals surface area contributed by atoms with Gasteiger partial charge in [-0.1, -0.05) is 13.8 Å². The first-order valence-electron chi connectivity index (χ1n) is 6.84. The molecule has 1 aromatic rings. The Morgan fingerprint density at radius 3 is 2.75 bits per heavy atom. The van der Waals surface area contributed by atoms with E-state index >= 15 is 0 Å². The quantitative estimate of drug-likeness (QED) is 0.435. The first-order chi connectivity index (χ1) is 9.54. The summed E-state index contributed by atoms with van der Waals surface area (Å²) in [5, 5.41) is 3.16. The average Bonchev–Trinajstić information content (AvgIpc) is 2.43. The van der Waals surface area contributed by atoms with E-state index < -0.39 is 0 Å². The van der Waals surface area contributed by atoms with E-state index in [4.69, 9.17) is 10.5 Å². The first kappa shape index (κ1) is 16.3. The summed E-state index contributed by atoms with van der Waals surface area (Å²) in [7, 11) is 1.36. The number of carbonyl (C=O) groups excluding carboxylic acids is 1. The third-order valence-corrected chi connectivity index (χ3v) is 2.88. The number of nitrogens with two attached hydrogens (primary N) is 1. The maximum absolute atomic E-state index is 11.4. The number of anilines is 2. The number of hydrogen-bond donors (Lipinski definition) is 2. The molecule has 112 valence electrons. The van der Waals surface area contributed by atoms with Gasteiger partial charge in [-0.15, -0.1) is 0 Å². The Morgan fingerprint density at radius 2 is 2.10 bits per heavy atom. The molecular weight excluding hydrogens is 256 g/mol. The zero-order chi connectivity index (χ0) is 15.0. The van der Waals surface area contributed by atoms with Crippen molar-refractivity contribution < 1.29 is 14.3 Å². The van der Waals surface area contributed by atoms with Crippen LogP contribution in [0.5, 0.6) is 0 Å². The number of ether oxygens (including phenoxy) is 2. The molecule has 0 saturated carbocycles. The summed E-state index contributed by atoms with van der Waals surface area (Å²) in [4.78, 5) is 11.4. The van der Waals surface area contributed by atoms with E-state index in [0.29, 0.717) is 30.3 Å². The molecule has 0 saturated heterocycles. The number of rotatable bonds is 8. The highest BCUT2D eigenvalue weighted by atomic mass is 16.5. The molecule has 0 aliphatic carbocycles. The van der Waals surface area contributed by atoms with Gasteiger partial charge in [-0.05, 0) is 30.5 Å². The lowest BCUT2D eigenvalue weighted by Gasteiger charge is -2.11. The van der Waals surface area contributed by atoms with Crippen molar-refractivity contribution in [3.05, 3.63) is 23.8 Å². The maximum Gasteiger partial charge on any atom is 0.337 e. The Balaban J connectivity index is 2.41. The highest BCUT2D eigenvalue weighted by molar-refractivity contribution is 5.91. The lowest BCUT2D eigenvalue weighted by atomic mass is 10.1. The molecule has 20 heavy (non-hydrogen) atoms. The van der Waals surface area contributed by atoms with Crippen molar-refractivity contribution in [2.24, 2.45) is 5.92 Å². The Kier molecular flexibility index (Phi) is 6.87. The number of esters is 1. The number of benzene rings is 1. The van der Waals surface area contributed by atoms with Gasteiger partial charge in [0, 0.05) is 13.2 Å². The maximum atomic E-state index is 11.4. The van der Waals surface area contributed by atoms with Crippen molar-refractivity contribution in [1.82, 2.24) is 0 Å². The molecule has 0 fully saturated rings. The third-order valence-electron chi connectivity index (χ3n) is 2.88. The molecule has 0 aromatic heterocycles. The van der Waals surface area contributed by atoms with Gasteiger partial charge in [0.2, 0.25) is 0 Å². The predicted molar refractivity (Wildman–Crippen MR) is 81.0 cm³/mol. The summed E-state index contributed by atoms with van der Waals surface area (Å²) in [6.07, 6.45) is 1.06. The van der Waals surface area contributed by atoms with Gasteiger partial charge >= 0.3 is 5.97 Å². The van der Waals surface area contributed by atoms with Crippen molar-refractivity contribution in [2.45, 2.75) is 20.3 Å². The van der Waals surface area contributed by atoms with Gasteiger partial charge < -0.3 is 20.5 Å². The van der Waals surface area contributed by atoms with Gasteiger partial charge in [0.25, 0.3) is 0 Å². The highest BCUT2D eigenvalue weighted by Crippen LogP contribution is 2.20. The van der Waals surface area contributed by atoms with Crippen LogP contribution in [0.1, 0.15) is 30.6 Å². The summed E-state index contributed by atoms with van der Waals surface area (Å²) >= 11 is 0. The Bertz CT molecular complexity index is 433. The fraction of sp³-hybridized carbons (Fsp3) is 0.533. The normalized spacial score (nSPS) is 10.6. The Labute approximate surface area is 120 Å². The molecule has 0 aliphatic heterocycles. The van der Waals surface area contributed by atoms with E-state index in [1.165, 1.54) is 7.11 Å². The fourth-order valence-electron chi connectivity index (χ4n) is 1.63. The van der Waals surface area contributed by atoms with Gasteiger partial charge in [0.15, 0.2) is 0 Å². The van der Waals surface area contributed by atoms with Crippen molar-refractivity contribution in [3.63, 3.8) is 0 Å². The van der Waals surface area contributed by atoms with Crippen LogP contribution in [-0.4, -0.2) is 32.8 Å². The number of methoxy groups -OCH3 is 1. The lowest BCUT2D eigenvalue weighted by Crippen LogP contribution is -2.12. The topological polar surface area (TPSA) is 73.6 Å². The average molecular weight is 280 g/mol. The molecule has 0 aliphatic rings. The second-order valence-corrected chi connectivity index (χ2v) is 5.02. The van der Waals surface area contributed by atoms with E-state index in [1.807, 2.05) is 0 Å². The van der Waals surface area contributed by atoms with Crippen molar-refractivity contribution in [3.8, 4) is 0 Å². The Hall–Kier alpha value is -1.75. The second-order valence-electron chi connectivity index (χ2n) is 5.02. The summed E-state index contributed by atoms with van der Waals surface area (Å²) in [6, 6.07) is 5.02. The van der Waals surface area contributed by atoms with Crippen molar-refractivity contribution >= 4 is 17.3 Å². The van der Waals surface area contributed by atoms with E-state index in [2.05, 4.69) is 23.9 Å². The van der Waals surface area contributed by atoms with Gasteiger partial charge in [0.05, 0.1) is 30.7 Å². The van der Waals surface area contributed by atoms with Gasteiger partial charge in [-0.2, -0.15) is 0 Å². The lowest BCUT2D eigenvalue weighted by molar-refractivity contribution is 0.0601. The smallest absolute Gasteiger partial charge is 0.337 e. The Morgan fingerprint density at radius 1 is 1.35 bits per heavy atom. The molecule has 0 heterocycles. The molecule has 5 heteroatoms. The summed E-state index contributed by atoms with van der Waals surface area (Å²) in [5.74, 6) is 0.275. The predicted octanol–water partition coefficient (Wildman–Crippen LogP) is 2.53. The molecule has 0 radical (unpaired) electrons. The third kappa shape index (κ3) is 5.48. The van der Waals surface area contributed by atoms with Crippen LogP contribution in [0.2, 0.25) is 0 Å². The number of nitrogen functional groups attached to an aromatic ring is 1. The number of carbonyl (C=O) groups is 1. The molecular formula is C15H24N2O3. The molecule has 1 aromatic carbocycles. The summed E-state index contributed by atoms with van der Waals surface area (Å²) in [6.45, 7) is 6.35.